The molecule has 11 nitrogen and oxygen atoms in total. The average molecular weight is 568 g/mol. The van der Waals surface area contributed by atoms with Crippen LogP contribution < -0.4 is 20.3 Å². The van der Waals surface area contributed by atoms with Crippen LogP contribution in [0.1, 0.15) is 21.6 Å². The topological polar surface area (TPSA) is 129 Å². The Morgan fingerprint density at radius 3 is 2.68 bits per heavy atom. The molecule has 0 aliphatic rings. The molecule has 0 atom stereocenters. The molecular formula is C27H24F3N7O4. The lowest BCUT2D eigenvalue weighted by molar-refractivity contribution is -0.137. The molecule has 41 heavy (non-hydrogen) atoms. The van der Waals surface area contributed by atoms with E-state index in [1.165, 1.54) is 41.0 Å². The Bertz CT molecular complexity index is 1770. The minimum Gasteiger partial charge on any atom is -0.497 e. The molecule has 3 heterocycles. The summed E-state index contributed by atoms with van der Waals surface area (Å²) in [6, 6.07) is 11.6. The van der Waals surface area contributed by atoms with Crippen LogP contribution in [0.4, 0.5) is 13.2 Å². The summed E-state index contributed by atoms with van der Waals surface area (Å²) in [5.74, 6) is 0.770. The summed E-state index contributed by atoms with van der Waals surface area (Å²) < 4.78 is 52.4. The highest BCUT2D eigenvalue weighted by Gasteiger charge is 2.30. The first-order chi connectivity index (χ1) is 19.7. The second-order valence-corrected chi connectivity index (χ2v) is 8.97. The first kappa shape index (κ1) is 27.4. The van der Waals surface area contributed by atoms with Gasteiger partial charge in [0.1, 0.15) is 28.9 Å². The zero-order valence-corrected chi connectivity index (χ0v) is 21.9. The van der Waals surface area contributed by atoms with Crippen molar-refractivity contribution < 1.29 is 27.4 Å². The number of fused-ring (bicyclic) bond motifs is 1. The van der Waals surface area contributed by atoms with Gasteiger partial charge in [0, 0.05) is 12.1 Å². The van der Waals surface area contributed by atoms with E-state index in [2.05, 4.69) is 25.6 Å². The minimum atomic E-state index is -4.48. The van der Waals surface area contributed by atoms with Gasteiger partial charge in [0.15, 0.2) is 5.65 Å². The molecule has 2 N–H and O–H groups in total. The summed E-state index contributed by atoms with van der Waals surface area (Å²) in [5.41, 5.74) is 0.734. The molecule has 3 aromatic heterocycles. The molecule has 0 saturated carbocycles. The number of aromatic amines is 1. The number of rotatable bonds is 9. The van der Waals surface area contributed by atoms with Gasteiger partial charge >= 0.3 is 6.18 Å². The zero-order chi connectivity index (χ0) is 29.1. The van der Waals surface area contributed by atoms with Crippen LogP contribution in [0, 0.1) is 0 Å². The average Bonchev–Trinajstić information content (AvgIpc) is 3.62. The molecule has 5 aromatic rings. The van der Waals surface area contributed by atoms with Gasteiger partial charge in [-0.25, -0.2) is 9.67 Å². The largest absolute Gasteiger partial charge is 0.497 e. The van der Waals surface area contributed by atoms with Crippen LogP contribution in [0.2, 0.25) is 0 Å². The number of methoxy groups -OCH3 is 2. The van der Waals surface area contributed by atoms with Crippen LogP contribution in [0.25, 0.3) is 22.3 Å². The number of hydrogen-bond acceptors (Lipinski definition) is 7. The van der Waals surface area contributed by atoms with E-state index in [-0.39, 0.29) is 30.7 Å². The lowest BCUT2D eigenvalue weighted by atomic mass is 10.1. The van der Waals surface area contributed by atoms with Crippen molar-refractivity contribution >= 4 is 16.9 Å². The fourth-order valence-electron chi connectivity index (χ4n) is 4.28. The Kier molecular flexibility index (Phi) is 7.46. The molecule has 2 aromatic carbocycles. The fourth-order valence-corrected chi connectivity index (χ4v) is 4.28. The number of halogens is 3. The molecule has 1 amide bonds. The normalized spacial score (nSPS) is 11.5. The summed E-state index contributed by atoms with van der Waals surface area (Å²) in [5, 5.41) is 14.1. The van der Waals surface area contributed by atoms with E-state index >= 15 is 0 Å². The van der Waals surface area contributed by atoms with E-state index in [1.54, 1.807) is 31.4 Å². The summed E-state index contributed by atoms with van der Waals surface area (Å²) in [6.45, 7) is 0.298. The number of amides is 1. The van der Waals surface area contributed by atoms with Crippen LogP contribution in [-0.4, -0.2) is 56.2 Å². The van der Waals surface area contributed by atoms with Gasteiger partial charge in [0.05, 0.1) is 44.8 Å². The quantitative estimate of drug-likeness (QED) is 0.279. The van der Waals surface area contributed by atoms with Crippen molar-refractivity contribution in [3.05, 3.63) is 88.2 Å². The molecule has 14 heteroatoms. The Hall–Kier alpha value is -5.14. The predicted molar refractivity (Wildman–Crippen MR) is 142 cm³/mol. The van der Waals surface area contributed by atoms with Crippen LogP contribution >= 0.6 is 0 Å². The summed E-state index contributed by atoms with van der Waals surface area (Å²) in [4.78, 5) is 29.9. The number of hydrogen-bond donors (Lipinski definition) is 2. The molecule has 0 unspecified atom stereocenters. The van der Waals surface area contributed by atoms with Crippen molar-refractivity contribution in [2.24, 2.45) is 0 Å². The van der Waals surface area contributed by atoms with Gasteiger partial charge < -0.3 is 14.8 Å². The van der Waals surface area contributed by atoms with Gasteiger partial charge in [0.2, 0.25) is 0 Å². The third-order valence-electron chi connectivity index (χ3n) is 6.34. The molecule has 212 valence electrons. The molecular weight excluding hydrogens is 543 g/mol. The lowest BCUT2D eigenvalue weighted by Crippen LogP contribution is -2.28. The van der Waals surface area contributed by atoms with E-state index in [1.807, 2.05) is 0 Å². The van der Waals surface area contributed by atoms with Gasteiger partial charge in [-0.05, 0) is 42.0 Å². The highest BCUT2D eigenvalue weighted by molar-refractivity contribution is 5.93. The van der Waals surface area contributed by atoms with Crippen LogP contribution in [0.5, 0.6) is 11.5 Å². The number of aromatic nitrogens is 6. The molecule has 0 saturated heterocycles. The third kappa shape index (κ3) is 5.76. The van der Waals surface area contributed by atoms with E-state index < -0.39 is 23.2 Å². The maximum atomic E-state index is 13.0. The van der Waals surface area contributed by atoms with Crippen molar-refractivity contribution in [3.63, 3.8) is 0 Å². The standard InChI is InChI=1S/C27H24F3N7O4/c1-40-18-6-7-23(41-2)19(11-18)21-12-22(35-34-21)25(38)31-8-9-37-24-20(13-33-37)26(39)36(15-32-24)14-16-4-3-5-17(10-16)27(28,29)30/h3-7,10-13,15H,8-9,14H2,1-2H3,(H,31,38)(H,34,35). The molecule has 5 rings (SSSR count). The number of carbonyl (C=O) groups is 1. The number of carbonyl (C=O) groups excluding carboxylic acids is 1. The Morgan fingerprint density at radius 2 is 1.93 bits per heavy atom. The smallest absolute Gasteiger partial charge is 0.416 e. The first-order valence-electron chi connectivity index (χ1n) is 12.3. The molecule has 0 bridgehead atoms. The van der Waals surface area contributed by atoms with Crippen molar-refractivity contribution in [3.8, 4) is 22.8 Å². The fraction of sp³-hybridized carbons (Fsp3) is 0.222. The number of alkyl halides is 3. The SMILES string of the molecule is COc1ccc(OC)c(-c2cc(C(=O)NCCn3ncc4c(=O)n(Cc5cccc(C(F)(F)F)c5)cnc43)[nH]n2)c1. The van der Waals surface area contributed by atoms with Crippen LogP contribution in [0.3, 0.4) is 0 Å². The van der Waals surface area contributed by atoms with Crippen LogP contribution in [-0.2, 0) is 19.3 Å². The zero-order valence-electron chi connectivity index (χ0n) is 21.9. The highest BCUT2D eigenvalue weighted by Crippen LogP contribution is 2.32. The van der Waals surface area contributed by atoms with E-state index in [9.17, 15) is 22.8 Å². The Balaban J connectivity index is 1.25. The van der Waals surface area contributed by atoms with E-state index in [4.69, 9.17) is 9.47 Å². The maximum Gasteiger partial charge on any atom is 0.416 e. The Labute approximate surface area is 230 Å². The van der Waals surface area contributed by atoms with Crippen molar-refractivity contribution in [2.75, 3.05) is 20.8 Å². The van der Waals surface area contributed by atoms with E-state index in [0.717, 1.165) is 12.1 Å². The lowest BCUT2D eigenvalue weighted by Gasteiger charge is -2.10. The van der Waals surface area contributed by atoms with Crippen molar-refractivity contribution in [1.82, 2.24) is 34.8 Å². The highest BCUT2D eigenvalue weighted by atomic mass is 19.4. The summed E-state index contributed by atoms with van der Waals surface area (Å²) in [7, 11) is 3.08. The first-order valence-corrected chi connectivity index (χ1v) is 12.3. The van der Waals surface area contributed by atoms with Gasteiger partial charge in [0.25, 0.3) is 11.5 Å². The summed E-state index contributed by atoms with van der Waals surface area (Å²) >= 11 is 0. The number of nitrogens with one attached hydrogen (secondary N) is 2. The Morgan fingerprint density at radius 1 is 1.10 bits per heavy atom. The number of ether oxygens (including phenoxy) is 2. The predicted octanol–water partition coefficient (Wildman–Crippen LogP) is 3.50. The minimum absolute atomic E-state index is 0.0826. The monoisotopic (exact) mass is 567 g/mol. The molecule has 0 aliphatic heterocycles. The van der Waals surface area contributed by atoms with Gasteiger partial charge in [-0.15, -0.1) is 0 Å². The number of benzene rings is 2. The molecule has 0 spiro atoms. The molecule has 0 radical (unpaired) electrons. The number of H-pyrrole nitrogens is 1. The van der Waals surface area contributed by atoms with E-state index in [0.29, 0.717) is 34.0 Å². The molecule has 0 aliphatic carbocycles. The summed E-state index contributed by atoms with van der Waals surface area (Å²) in [6.07, 6.45) is -1.87. The number of nitrogens with zero attached hydrogens (tertiary/aromatic N) is 5. The second kappa shape index (κ2) is 11.2. The van der Waals surface area contributed by atoms with Crippen molar-refractivity contribution in [1.29, 1.82) is 0 Å². The molecule has 0 fully saturated rings. The second-order valence-electron chi connectivity index (χ2n) is 8.97. The third-order valence-corrected chi connectivity index (χ3v) is 6.34. The van der Waals surface area contributed by atoms with Gasteiger partial charge in [-0.3, -0.25) is 19.3 Å². The van der Waals surface area contributed by atoms with Gasteiger partial charge in [-0.1, -0.05) is 12.1 Å². The van der Waals surface area contributed by atoms with Crippen molar-refractivity contribution in [2.45, 2.75) is 19.3 Å². The maximum absolute atomic E-state index is 13.0. The van der Waals surface area contributed by atoms with Crippen LogP contribution in [0.15, 0.2) is 65.8 Å². The van der Waals surface area contributed by atoms with Gasteiger partial charge in [-0.2, -0.15) is 23.4 Å².